The van der Waals surface area contributed by atoms with Crippen molar-refractivity contribution in [3.8, 4) is 5.75 Å². The number of phosphoric ester groups is 1. The van der Waals surface area contributed by atoms with Gasteiger partial charge in [-0.05, 0) is 12.1 Å². The van der Waals surface area contributed by atoms with Crippen LogP contribution in [0.25, 0.3) is 0 Å². The first-order valence-corrected chi connectivity index (χ1v) is 23.4. The Morgan fingerprint density at radius 3 is 0.706 bits per heavy atom. The number of hydrogen-bond donors (Lipinski definition) is 2. The summed E-state index contributed by atoms with van der Waals surface area (Å²) in [4.78, 5) is 16.7. The van der Waals surface area contributed by atoms with Crippen LogP contribution in [0.5, 0.6) is 5.75 Å². The smallest absolute Gasteiger partial charge is 0.404 e. The zero-order chi connectivity index (χ0) is 36.0. The van der Waals surface area contributed by atoms with Gasteiger partial charge >= 0.3 is 249 Å². The van der Waals surface area contributed by atoms with Gasteiger partial charge in [0.2, 0.25) is 0 Å². The molecule has 2 N–H and O–H groups in total. The third kappa shape index (κ3) is 9.99. The maximum atomic E-state index is 10.3. The van der Waals surface area contributed by atoms with Crippen LogP contribution in [0.1, 0.15) is 0 Å². The predicted octanol–water partition coefficient (Wildman–Crippen LogP) is 7.84. The monoisotopic (exact) mass is 730 g/mol. The van der Waals surface area contributed by atoms with Crippen molar-refractivity contribution >= 4 is 54.2 Å². The summed E-state index contributed by atoms with van der Waals surface area (Å²) in [6.45, 7) is 4.88. The summed E-state index contributed by atoms with van der Waals surface area (Å²) < 4.78 is 14.5. The van der Waals surface area contributed by atoms with Gasteiger partial charge in [-0.1, -0.05) is 18.2 Å². The molecule has 7 rings (SSSR count). The van der Waals surface area contributed by atoms with Crippen LogP contribution in [0.15, 0.2) is 212 Å². The minimum Gasteiger partial charge on any atom is -0.404 e. The summed E-state index contributed by atoms with van der Waals surface area (Å²) in [5.74, 6) is 0.167. The van der Waals surface area contributed by atoms with Crippen LogP contribution in [0.3, 0.4) is 0 Å². The number of rotatable bonds is 8. The molecule has 7 aromatic carbocycles. The molecule has 0 heterocycles. The molecule has 0 saturated heterocycles. The molecule has 4 nitrogen and oxygen atoms in total. The second-order valence-corrected chi connectivity index (χ2v) is 21.5. The van der Waals surface area contributed by atoms with E-state index < -0.39 is 22.3 Å². The molecule has 0 unspecified atom stereocenters. The summed E-state index contributed by atoms with van der Waals surface area (Å²) in [6, 6.07) is 73.5. The molecule has 51 heavy (non-hydrogen) atoms. The number of benzene rings is 7. The second-order valence-electron chi connectivity index (χ2n) is 12.3. The summed E-state index contributed by atoms with van der Waals surface area (Å²) in [5, 5.41) is 8.74. The van der Waals surface area contributed by atoms with Gasteiger partial charge in [-0.25, -0.2) is 4.57 Å². The molecule has 7 heteroatoms. The van der Waals surface area contributed by atoms with E-state index in [1.54, 1.807) is 18.2 Å². The van der Waals surface area contributed by atoms with Crippen molar-refractivity contribution < 1.29 is 18.9 Å². The van der Waals surface area contributed by atoms with Gasteiger partial charge in [-0.3, -0.25) is 9.79 Å². The van der Waals surface area contributed by atoms with Crippen LogP contribution >= 0.6 is 22.3 Å². The average Bonchev–Trinajstić information content (AvgIpc) is 3.19. The standard InChI is InChI=1S/2C19H19P.C6H7O4P/c2*1-20(17-11-5-2-6-12-17,18-13-7-3-8-14-18)19-15-9-4-10-16-19;7-11(8,9)10-6-4-2-1-3-5-6/h2*2-16,20H,1H3;1-5H,(H2,7,8,9). The molecule has 0 spiro atoms. The summed E-state index contributed by atoms with van der Waals surface area (Å²) in [7, 11) is -8.14. The average molecular weight is 731 g/mol. The zero-order valence-corrected chi connectivity index (χ0v) is 31.8. The van der Waals surface area contributed by atoms with E-state index in [9.17, 15) is 4.57 Å². The minimum absolute atomic E-state index is 0.167. The molecule has 0 aromatic heterocycles. The fourth-order valence-corrected chi connectivity index (χ4v) is 13.8. The third-order valence-electron chi connectivity index (χ3n) is 9.07. The molecule has 7 aromatic rings. The van der Waals surface area contributed by atoms with Gasteiger partial charge in [0.1, 0.15) is 5.75 Å². The first kappa shape index (κ1) is 37.6. The normalized spacial score (nSPS) is 11.8. The molecule has 260 valence electrons. The van der Waals surface area contributed by atoms with Crippen molar-refractivity contribution in [2.45, 2.75) is 0 Å². The zero-order valence-electron chi connectivity index (χ0n) is 28.9. The van der Waals surface area contributed by atoms with E-state index in [2.05, 4.69) is 200 Å². The molecule has 0 aliphatic heterocycles. The van der Waals surface area contributed by atoms with Crippen LogP contribution in [0.4, 0.5) is 0 Å². The Balaban J connectivity index is 0.000000155. The first-order valence-electron chi connectivity index (χ1n) is 16.8. The van der Waals surface area contributed by atoms with Gasteiger partial charge in [0.05, 0.1) is 0 Å². The largest absolute Gasteiger partial charge is 0.524 e. The van der Waals surface area contributed by atoms with E-state index in [-0.39, 0.29) is 5.75 Å². The molecule has 0 bridgehead atoms. The van der Waals surface area contributed by atoms with E-state index >= 15 is 0 Å². The maximum absolute atomic E-state index is 10.3. The molecule has 0 saturated carbocycles. The van der Waals surface area contributed by atoms with E-state index in [1.807, 2.05) is 0 Å². The fourth-order valence-electron chi connectivity index (χ4n) is 6.25. The van der Waals surface area contributed by atoms with E-state index in [1.165, 1.54) is 44.0 Å². The van der Waals surface area contributed by atoms with Crippen molar-refractivity contribution in [3.05, 3.63) is 212 Å². The quantitative estimate of drug-likeness (QED) is 0.157. The molecule has 0 aliphatic rings. The topological polar surface area (TPSA) is 66.8 Å². The molecule has 0 atom stereocenters. The number of phosphoric acid groups is 1. The predicted molar refractivity (Wildman–Crippen MR) is 224 cm³/mol. The van der Waals surface area contributed by atoms with Gasteiger partial charge in [0.25, 0.3) is 0 Å². The van der Waals surface area contributed by atoms with Gasteiger partial charge < -0.3 is 4.52 Å². The minimum atomic E-state index is -4.39. The van der Waals surface area contributed by atoms with Crippen molar-refractivity contribution in [1.29, 1.82) is 0 Å². The molecule has 0 amide bonds. The fraction of sp³-hybridized carbons (Fsp3) is 0.0455. The van der Waals surface area contributed by atoms with E-state index in [0.29, 0.717) is 0 Å². The van der Waals surface area contributed by atoms with Crippen LogP contribution in [0, 0.1) is 0 Å². The Hall–Kier alpha value is -4.65. The second kappa shape index (κ2) is 18.0. The van der Waals surface area contributed by atoms with E-state index in [0.717, 1.165) is 0 Å². The van der Waals surface area contributed by atoms with Crippen LogP contribution in [0.2, 0.25) is 0 Å². The maximum Gasteiger partial charge on any atom is 0.524 e. The Kier molecular flexibility index (Phi) is 13.3. The van der Waals surface area contributed by atoms with Gasteiger partial charge in [-0.2, -0.15) is 0 Å². The summed E-state index contributed by atoms with van der Waals surface area (Å²) in [6.07, 6.45) is 0. The van der Waals surface area contributed by atoms with Crippen LogP contribution < -0.4 is 36.4 Å². The van der Waals surface area contributed by atoms with Crippen molar-refractivity contribution in [3.63, 3.8) is 0 Å². The Morgan fingerprint density at radius 2 is 0.529 bits per heavy atom. The van der Waals surface area contributed by atoms with E-state index in [4.69, 9.17) is 9.79 Å². The SMILES string of the molecule is C[PH](c1ccccc1)(c1ccccc1)c1ccccc1.C[PH](c1ccccc1)(c1ccccc1)c1ccccc1.O=P(O)(O)Oc1ccccc1. The molecule has 0 aliphatic carbocycles. The molecule has 0 fully saturated rings. The van der Waals surface area contributed by atoms with Crippen LogP contribution in [-0.4, -0.2) is 23.1 Å². The van der Waals surface area contributed by atoms with Gasteiger partial charge in [0.15, 0.2) is 0 Å². The molecular formula is C44H45O4P3. The third-order valence-corrected chi connectivity index (χ3v) is 18.5. The summed E-state index contributed by atoms with van der Waals surface area (Å²) >= 11 is 0. The van der Waals surface area contributed by atoms with Crippen LogP contribution in [-0.2, 0) is 4.57 Å². The Bertz CT molecular complexity index is 1740. The number of para-hydroxylation sites is 1. The van der Waals surface area contributed by atoms with Gasteiger partial charge in [0, 0.05) is 0 Å². The Labute approximate surface area is 303 Å². The molecular weight excluding hydrogens is 685 g/mol. The van der Waals surface area contributed by atoms with Crippen molar-refractivity contribution in [1.82, 2.24) is 0 Å². The first-order chi connectivity index (χ1) is 24.7. The van der Waals surface area contributed by atoms with Crippen molar-refractivity contribution in [2.75, 3.05) is 13.3 Å². The molecule has 0 radical (unpaired) electrons. The van der Waals surface area contributed by atoms with Crippen molar-refractivity contribution in [2.24, 2.45) is 0 Å². The Morgan fingerprint density at radius 1 is 0.353 bits per heavy atom. The summed E-state index contributed by atoms with van der Waals surface area (Å²) in [5.41, 5.74) is 0. The van der Waals surface area contributed by atoms with Gasteiger partial charge in [-0.15, -0.1) is 0 Å². The number of hydrogen-bond acceptors (Lipinski definition) is 2.